The second kappa shape index (κ2) is 7.70. The number of aliphatic imine (C=N–C) groups is 1. The van der Waals surface area contributed by atoms with Crippen molar-refractivity contribution < 1.29 is 4.74 Å². The maximum absolute atomic E-state index is 5.63. The molecule has 90 valence electrons. The Morgan fingerprint density at radius 3 is 3.19 bits per heavy atom. The van der Waals surface area contributed by atoms with E-state index in [0.717, 1.165) is 13.0 Å². The number of ether oxygens (including phenoxy) is 1. The quantitative estimate of drug-likeness (QED) is 0.383. The molecule has 3 N–H and O–H groups in total. The minimum atomic E-state index is 0.470. The smallest absolute Gasteiger partial charge is 0.188 e. The minimum Gasteiger partial charge on any atom is -0.383 e. The van der Waals surface area contributed by atoms with Crippen LogP contribution in [-0.2, 0) is 11.3 Å². The van der Waals surface area contributed by atoms with E-state index in [0.29, 0.717) is 25.7 Å². The molecule has 0 aliphatic carbocycles. The minimum absolute atomic E-state index is 0.470. The SMILES string of the molecule is COCCNC(N)=NCCCn1cccn1. The summed E-state index contributed by atoms with van der Waals surface area (Å²) in [6, 6.07) is 1.91. The molecule has 0 saturated heterocycles. The topological polar surface area (TPSA) is 77.5 Å². The van der Waals surface area contributed by atoms with Crippen molar-refractivity contribution in [1.82, 2.24) is 15.1 Å². The number of hydrogen-bond donors (Lipinski definition) is 2. The van der Waals surface area contributed by atoms with E-state index in [2.05, 4.69) is 15.4 Å². The third-order valence-electron chi connectivity index (χ3n) is 2.00. The number of aryl methyl sites for hydroxylation is 1. The molecular formula is C10H19N5O. The van der Waals surface area contributed by atoms with Crippen molar-refractivity contribution in [2.75, 3.05) is 26.8 Å². The lowest BCUT2D eigenvalue weighted by Gasteiger charge is -2.04. The number of nitrogens with two attached hydrogens (primary N) is 1. The summed E-state index contributed by atoms with van der Waals surface area (Å²) < 4.78 is 6.76. The average Bonchev–Trinajstić information content (AvgIpc) is 2.78. The number of rotatable bonds is 7. The molecule has 0 saturated carbocycles. The molecule has 1 aromatic heterocycles. The van der Waals surface area contributed by atoms with Crippen molar-refractivity contribution in [1.29, 1.82) is 0 Å². The number of aromatic nitrogens is 2. The Labute approximate surface area is 95.5 Å². The van der Waals surface area contributed by atoms with Crippen LogP contribution in [0.25, 0.3) is 0 Å². The van der Waals surface area contributed by atoms with Gasteiger partial charge in [0.05, 0.1) is 6.61 Å². The van der Waals surface area contributed by atoms with E-state index >= 15 is 0 Å². The summed E-state index contributed by atoms with van der Waals surface area (Å²) in [6.45, 7) is 2.88. The van der Waals surface area contributed by atoms with Crippen LogP contribution >= 0.6 is 0 Å². The lowest BCUT2D eigenvalue weighted by atomic mass is 10.4. The third kappa shape index (κ3) is 5.35. The number of nitrogens with zero attached hydrogens (tertiary/aromatic N) is 3. The Kier molecular flexibility index (Phi) is 6.02. The standard InChI is InChI=1S/C10H19N5O/c1-16-9-6-13-10(11)12-4-2-7-15-8-3-5-14-15/h3,5,8H,2,4,6-7,9H2,1H3,(H3,11,12,13). The maximum Gasteiger partial charge on any atom is 0.188 e. The summed E-state index contributed by atoms with van der Waals surface area (Å²) >= 11 is 0. The van der Waals surface area contributed by atoms with Gasteiger partial charge in [-0.1, -0.05) is 0 Å². The maximum atomic E-state index is 5.63. The van der Waals surface area contributed by atoms with E-state index < -0.39 is 0 Å². The van der Waals surface area contributed by atoms with Crippen molar-refractivity contribution in [3.05, 3.63) is 18.5 Å². The number of guanidine groups is 1. The van der Waals surface area contributed by atoms with Crippen molar-refractivity contribution in [3.8, 4) is 0 Å². The first-order chi connectivity index (χ1) is 7.83. The molecular weight excluding hydrogens is 206 g/mol. The molecule has 0 unspecified atom stereocenters. The fraction of sp³-hybridized carbons (Fsp3) is 0.600. The van der Waals surface area contributed by atoms with Gasteiger partial charge in [0.1, 0.15) is 0 Å². The van der Waals surface area contributed by atoms with E-state index in [1.54, 1.807) is 13.3 Å². The molecule has 1 aromatic rings. The molecule has 0 aliphatic heterocycles. The molecule has 6 heteroatoms. The van der Waals surface area contributed by atoms with Crippen molar-refractivity contribution in [3.63, 3.8) is 0 Å². The van der Waals surface area contributed by atoms with Gasteiger partial charge in [-0.2, -0.15) is 5.10 Å². The molecule has 0 aromatic carbocycles. The van der Waals surface area contributed by atoms with Gasteiger partial charge in [0.2, 0.25) is 0 Å². The molecule has 1 heterocycles. The largest absolute Gasteiger partial charge is 0.383 e. The lowest BCUT2D eigenvalue weighted by Crippen LogP contribution is -2.34. The average molecular weight is 225 g/mol. The van der Waals surface area contributed by atoms with Crippen LogP contribution in [-0.4, -0.2) is 42.5 Å². The van der Waals surface area contributed by atoms with Crippen LogP contribution < -0.4 is 11.1 Å². The van der Waals surface area contributed by atoms with Gasteiger partial charge < -0.3 is 15.8 Å². The van der Waals surface area contributed by atoms with Gasteiger partial charge in [0, 0.05) is 39.1 Å². The molecule has 0 bridgehead atoms. The van der Waals surface area contributed by atoms with Crippen molar-refractivity contribution in [2.45, 2.75) is 13.0 Å². The van der Waals surface area contributed by atoms with Gasteiger partial charge in [-0.25, -0.2) is 0 Å². The molecule has 16 heavy (non-hydrogen) atoms. The van der Waals surface area contributed by atoms with E-state index in [1.165, 1.54) is 0 Å². The van der Waals surface area contributed by atoms with Crippen LogP contribution in [0, 0.1) is 0 Å². The first kappa shape index (κ1) is 12.5. The Hall–Kier alpha value is -1.56. The van der Waals surface area contributed by atoms with Gasteiger partial charge in [0.25, 0.3) is 0 Å². The van der Waals surface area contributed by atoms with Gasteiger partial charge in [-0.15, -0.1) is 0 Å². The predicted molar refractivity (Wildman–Crippen MR) is 63.2 cm³/mol. The van der Waals surface area contributed by atoms with E-state index in [4.69, 9.17) is 10.5 Å². The van der Waals surface area contributed by atoms with Crippen molar-refractivity contribution >= 4 is 5.96 Å². The summed E-state index contributed by atoms with van der Waals surface area (Å²) in [5.74, 6) is 0.470. The molecule has 1 rings (SSSR count). The van der Waals surface area contributed by atoms with Crippen LogP contribution in [0.4, 0.5) is 0 Å². The second-order valence-electron chi connectivity index (χ2n) is 3.31. The van der Waals surface area contributed by atoms with Crippen molar-refractivity contribution in [2.24, 2.45) is 10.7 Å². The predicted octanol–water partition coefficient (Wildman–Crippen LogP) is -0.176. The van der Waals surface area contributed by atoms with Gasteiger partial charge in [-0.3, -0.25) is 9.67 Å². The molecule has 0 spiro atoms. The zero-order valence-electron chi connectivity index (χ0n) is 9.59. The van der Waals surface area contributed by atoms with Gasteiger partial charge >= 0.3 is 0 Å². The fourth-order valence-electron chi connectivity index (χ4n) is 1.20. The molecule has 0 atom stereocenters. The number of hydrogen-bond acceptors (Lipinski definition) is 3. The summed E-state index contributed by atoms with van der Waals surface area (Å²) in [6.07, 6.45) is 4.63. The lowest BCUT2D eigenvalue weighted by molar-refractivity contribution is 0.204. The number of nitrogens with one attached hydrogen (secondary N) is 1. The first-order valence-corrected chi connectivity index (χ1v) is 5.33. The van der Waals surface area contributed by atoms with Gasteiger partial charge in [-0.05, 0) is 12.5 Å². The second-order valence-corrected chi connectivity index (χ2v) is 3.31. The summed E-state index contributed by atoms with van der Waals surface area (Å²) in [7, 11) is 1.65. The highest BCUT2D eigenvalue weighted by Gasteiger charge is 1.92. The monoisotopic (exact) mass is 225 g/mol. The highest BCUT2D eigenvalue weighted by molar-refractivity contribution is 5.77. The summed E-state index contributed by atoms with van der Waals surface area (Å²) in [5, 5.41) is 7.06. The van der Waals surface area contributed by atoms with E-state index in [1.807, 2.05) is 16.9 Å². The zero-order valence-corrected chi connectivity index (χ0v) is 9.59. The molecule has 0 radical (unpaired) electrons. The van der Waals surface area contributed by atoms with Crippen LogP contribution in [0.5, 0.6) is 0 Å². The van der Waals surface area contributed by atoms with Crippen LogP contribution in [0.15, 0.2) is 23.5 Å². The summed E-state index contributed by atoms with van der Waals surface area (Å²) in [5.41, 5.74) is 5.63. The third-order valence-corrected chi connectivity index (χ3v) is 2.00. The zero-order chi connectivity index (χ0) is 11.6. The Bertz CT molecular complexity index is 296. The molecule has 6 nitrogen and oxygen atoms in total. The normalized spacial score (nSPS) is 11.7. The first-order valence-electron chi connectivity index (χ1n) is 5.33. The highest BCUT2D eigenvalue weighted by Crippen LogP contribution is 1.89. The van der Waals surface area contributed by atoms with Gasteiger partial charge in [0.15, 0.2) is 5.96 Å². The van der Waals surface area contributed by atoms with E-state index in [9.17, 15) is 0 Å². The molecule has 0 amide bonds. The fourth-order valence-corrected chi connectivity index (χ4v) is 1.20. The van der Waals surface area contributed by atoms with Crippen LogP contribution in [0.3, 0.4) is 0 Å². The van der Waals surface area contributed by atoms with Crippen LogP contribution in [0.2, 0.25) is 0 Å². The molecule has 0 fully saturated rings. The van der Waals surface area contributed by atoms with E-state index in [-0.39, 0.29) is 0 Å². The summed E-state index contributed by atoms with van der Waals surface area (Å²) in [4.78, 5) is 4.18. The Morgan fingerprint density at radius 2 is 2.50 bits per heavy atom. The number of methoxy groups -OCH3 is 1. The molecule has 0 aliphatic rings. The Morgan fingerprint density at radius 1 is 1.62 bits per heavy atom. The van der Waals surface area contributed by atoms with Crippen LogP contribution in [0.1, 0.15) is 6.42 Å². The Balaban J connectivity index is 2.06. The highest BCUT2D eigenvalue weighted by atomic mass is 16.5.